The van der Waals surface area contributed by atoms with Crippen LogP contribution in [0.3, 0.4) is 0 Å². The number of pyridine rings is 1. The monoisotopic (exact) mass is 196 g/mol. The highest BCUT2D eigenvalue weighted by atomic mass is 16.2. The average molecular weight is 196 g/mol. The number of hydrogen-bond acceptors (Lipinski definition) is 5. The Morgan fingerprint density at radius 3 is 3.00 bits per heavy atom. The average Bonchev–Trinajstić information content (AvgIpc) is 2.25. The summed E-state index contributed by atoms with van der Waals surface area (Å²) in [5.74, 6) is 5.86. The summed E-state index contributed by atoms with van der Waals surface area (Å²) in [5, 5.41) is 11.8. The number of anilines is 2. The molecule has 1 aromatic heterocycles. The Kier molecular flexibility index (Phi) is 4.74. The van der Waals surface area contributed by atoms with Crippen LogP contribution in [0.25, 0.3) is 0 Å². The zero-order valence-electron chi connectivity index (χ0n) is 8.03. The first kappa shape index (κ1) is 10.7. The number of nitrogens with one attached hydrogen (secondary N) is 2. The van der Waals surface area contributed by atoms with Gasteiger partial charge in [-0.1, -0.05) is 0 Å². The van der Waals surface area contributed by atoms with Crippen molar-refractivity contribution in [2.75, 3.05) is 23.9 Å². The van der Waals surface area contributed by atoms with E-state index in [1.165, 1.54) is 0 Å². The molecule has 0 saturated carbocycles. The first-order valence-electron chi connectivity index (χ1n) is 4.64. The van der Waals surface area contributed by atoms with Crippen LogP contribution in [-0.2, 0) is 0 Å². The van der Waals surface area contributed by atoms with E-state index in [0.717, 1.165) is 25.1 Å². The molecule has 0 unspecified atom stereocenters. The molecule has 1 rings (SSSR count). The molecule has 0 aliphatic heterocycles. The number of rotatable bonds is 6. The van der Waals surface area contributed by atoms with Crippen molar-refractivity contribution in [1.82, 2.24) is 4.98 Å². The van der Waals surface area contributed by atoms with Crippen LogP contribution in [0.5, 0.6) is 0 Å². The smallest absolute Gasteiger partial charge is 0.141 e. The molecule has 1 aromatic rings. The second-order valence-corrected chi connectivity index (χ2v) is 2.93. The largest absolute Gasteiger partial charge is 0.396 e. The summed E-state index contributed by atoms with van der Waals surface area (Å²) >= 11 is 0. The Hall–Kier alpha value is -1.33. The summed E-state index contributed by atoms with van der Waals surface area (Å²) in [5.41, 5.74) is 3.46. The predicted molar refractivity (Wildman–Crippen MR) is 56.9 cm³/mol. The van der Waals surface area contributed by atoms with Crippen LogP contribution in [0.2, 0.25) is 0 Å². The summed E-state index contributed by atoms with van der Waals surface area (Å²) in [6, 6.07) is 3.71. The van der Waals surface area contributed by atoms with Gasteiger partial charge in [0.05, 0.1) is 0 Å². The maximum atomic E-state index is 8.58. The second-order valence-electron chi connectivity index (χ2n) is 2.93. The molecule has 0 spiro atoms. The topological polar surface area (TPSA) is 83.2 Å². The lowest BCUT2D eigenvalue weighted by Crippen LogP contribution is -2.09. The van der Waals surface area contributed by atoms with Crippen LogP contribution < -0.4 is 16.6 Å². The fraction of sp³-hybridized carbons (Fsp3) is 0.444. The van der Waals surface area contributed by atoms with Crippen LogP contribution in [-0.4, -0.2) is 23.2 Å². The molecule has 78 valence electrons. The van der Waals surface area contributed by atoms with E-state index in [-0.39, 0.29) is 6.61 Å². The SMILES string of the molecule is NNc1cc(NCCCCO)ccn1. The molecule has 5 nitrogen and oxygen atoms in total. The summed E-state index contributed by atoms with van der Waals surface area (Å²) in [4.78, 5) is 3.99. The van der Waals surface area contributed by atoms with Gasteiger partial charge >= 0.3 is 0 Å². The van der Waals surface area contributed by atoms with Gasteiger partial charge in [-0.05, 0) is 18.9 Å². The van der Waals surface area contributed by atoms with Gasteiger partial charge in [0.15, 0.2) is 0 Å². The maximum absolute atomic E-state index is 8.58. The standard InChI is InChI=1S/C9H16N4O/c10-13-9-7-8(3-5-12-9)11-4-1-2-6-14/h3,5,7,14H,1-2,4,6,10H2,(H2,11,12,13). The second kappa shape index (κ2) is 6.17. The van der Waals surface area contributed by atoms with Crippen molar-refractivity contribution in [3.63, 3.8) is 0 Å². The van der Waals surface area contributed by atoms with Gasteiger partial charge in [-0.25, -0.2) is 10.8 Å². The quantitative estimate of drug-likeness (QED) is 0.303. The Labute approximate surface area is 83.3 Å². The Bertz CT molecular complexity index is 267. The third kappa shape index (κ3) is 3.59. The minimum Gasteiger partial charge on any atom is -0.396 e. The van der Waals surface area contributed by atoms with Crippen LogP contribution in [0.1, 0.15) is 12.8 Å². The van der Waals surface area contributed by atoms with Crippen molar-refractivity contribution >= 4 is 11.5 Å². The summed E-state index contributed by atoms with van der Waals surface area (Å²) < 4.78 is 0. The van der Waals surface area contributed by atoms with Gasteiger partial charge < -0.3 is 15.8 Å². The minimum atomic E-state index is 0.244. The highest BCUT2D eigenvalue weighted by Crippen LogP contribution is 2.10. The van der Waals surface area contributed by atoms with Crippen molar-refractivity contribution in [3.05, 3.63) is 18.3 Å². The van der Waals surface area contributed by atoms with Crippen molar-refractivity contribution in [1.29, 1.82) is 0 Å². The number of hydrogen-bond donors (Lipinski definition) is 4. The van der Waals surface area contributed by atoms with E-state index in [4.69, 9.17) is 10.9 Å². The fourth-order valence-electron chi connectivity index (χ4n) is 1.09. The molecule has 0 bridgehead atoms. The maximum Gasteiger partial charge on any atom is 0.141 e. The lowest BCUT2D eigenvalue weighted by Gasteiger charge is -2.06. The van der Waals surface area contributed by atoms with Gasteiger partial charge in [0.1, 0.15) is 5.82 Å². The van der Waals surface area contributed by atoms with E-state index in [9.17, 15) is 0 Å². The third-order valence-electron chi connectivity index (χ3n) is 1.82. The number of hydrazine groups is 1. The number of aromatic nitrogens is 1. The van der Waals surface area contributed by atoms with E-state index in [1.807, 2.05) is 12.1 Å². The number of unbranched alkanes of at least 4 members (excludes halogenated alkanes) is 1. The number of nitrogens with zero attached hydrogens (tertiary/aromatic N) is 1. The van der Waals surface area contributed by atoms with Crippen molar-refractivity contribution in [3.8, 4) is 0 Å². The first-order valence-corrected chi connectivity index (χ1v) is 4.64. The van der Waals surface area contributed by atoms with Gasteiger partial charge in [0.25, 0.3) is 0 Å². The molecule has 5 heteroatoms. The minimum absolute atomic E-state index is 0.244. The van der Waals surface area contributed by atoms with E-state index in [0.29, 0.717) is 5.82 Å². The number of aliphatic hydroxyl groups excluding tert-OH is 1. The molecule has 0 saturated heterocycles. The number of nitrogens with two attached hydrogens (primary N) is 1. The van der Waals surface area contributed by atoms with Gasteiger partial charge in [-0.15, -0.1) is 0 Å². The van der Waals surface area contributed by atoms with Gasteiger partial charge in [-0.3, -0.25) is 0 Å². The summed E-state index contributed by atoms with van der Waals surface area (Å²) in [6.45, 7) is 1.09. The van der Waals surface area contributed by atoms with Gasteiger partial charge in [0.2, 0.25) is 0 Å². The molecule has 0 fully saturated rings. The number of nitrogen functional groups attached to an aromatic ring is 1. The highest BCUT2D eigenvalue weighted by Gasteiger charge is 1.94. The van der Waals surface area contributed by atoms with E-state index in [1.54, 1.807) is 6.20 Å². The van der Waals surface area contributed by atoms with Crippen LogP contribution >= 0.6 is 0 Å². The van der Waals surface area contributed by atoms with Crippen LogP contribution in [0, 0.1) is 0 Å². The number of aliphatic hydroxyl groups is 1. The Morgan fingerprint density at radius 2 is 2.29 bits per heavy atom. The zero-order chi connectivity index (χ0) is 10.2. The summed E-state index contributed by atoms with van der Waals surface area (Å²) in [7, 11) is 0. The molecule has 0 radical (unpaired) electrons. The van der Waals surface area contributed by atoms with Crippen molar-refractivity contribution in [2.24, 2.45) is 5.84 Å². The predicted octanol–water partition coefficient (Wildman–Crippen LogP) is 0.552. The zero-order valence-corrected chi connectivity index (χ0v) is 8.03. The molecule has 0 aromatic carbocycles. The first-order chi connectivity index (χ1) is 6.86. The van der Waals surface area contributed by atoms with Gasteiger partial charge in [0, 0.05) is 31.1 Å². The van der Waals surface area contributed by atoms with Crippen molar-refractivity contribution < 1.29 is 5.11 Å². The molecule has 14 heavy (non-hydrogen) atoms. The molecule has 0 atom stereocenters. The Balaban J connectivity index is 2.34. The molecule has 5 N–H and O–H groups in total. The lowest BCUT2D eigenvalue weighted by molar-refractivity contribution is 0.286. The van der Waals surface area contributed by atoms with E-state index in [2.05, 4.69) is 15.7 Å². The van der Waals surface area contributed by atoms with E-state index < -0.39 is 0 Å². The molecular formula is C9H16N4O. The Morgan fingerprint density at radius 1 is 1.43 bits per heavy atom. The fourth-order valence-corrected chi connectivity index (χ4v) is 1.09. The molecule has 1 heterocycles. The third-order valence-corrected chi connectivity index (χ3v) is 1.82. The van der Waals surface area contributed by atoms with Crippen molar-refractivity contribution in [2.45, 2.75) is 12.8 Å². The van der Waals surface area contributed by atoms with Crippen LogP contribution in [0.4, 0.5) is 11.5 Å². The molecule has 0 amide bonds. The molecule has 0 aliphatic carbocycles. The van der Waals surface area contributed by atoms with Gasteiger partial charge in [-0.2, -0.15) is 0 Å². The van der Waals surface area contributed by atoms with Crippen LogP contribution in [0.15, 0.2) is 18.3 Å². The molecule has 0 aliphatic rings. The molecular weight excluding hydrogens is 180 g/mol. The highest BCUT2D eigenvalue weighted by molar-refractivity contribution is 5.51. The van der Waals surface area contributed by atoms with E-state index >= 15 is 0 Å². The lowest BCUT2D eigenvalue weighted by atomic mass is 10.3. The normalized spacial score (nSPS) is 9.86. The summed E-state index contributed by atoms with van der Waals surface area (Å²) in [6.07, 6.45) is 3.45.